The number of carbonyl (C=O) groups excluding carboxylic acids is 1. The number of nitrogens with one attached hydrogen (secondary N) is 1. The fourth-order valence-electron chi connectivity index (χ4n) is 3.77. The van der Waals surface area contributed by atoms with Crippen LogP contribution in [0.3, 0.4) is 0 Å². The second-order valence-electron chi connectivity index (χ2n) is 6.94. The standard InChI is InChI=1S/C22H24N2O/c23-16-19-10-8-18(9-11-19)12-13-21(25)24-17-22(14-4-5-15-22)20-6-2-1-3-7-20/h1-3,6-11H,4-5,12-15,17H2,(H,24,25). The van der Waals surface area contributed by atoms with Gasteiger partial charge in [-0.2, -0.15) is 5.26 Å². The zero-order valence-corrected chi connectivity index (χ0v) is 14.5. The number of nitrogens with zero attached hydrogens (tertiary/aromatic N) is 1. The molecular weight excluding hydrogens is 308 g/mol. The van der Waals surface area contributed by atoms with Crippen LogP contribution >= 0.6 is 0 Å². The highest BCUT2D eigenvalue weighted by Crippen LogP contribution is 2.40. The summed E-state index contributed by atoms with van der Waals surface area (Å²) in [5, 5.41) is 12.0. The van der Waals surface area contributed by atoms with Gasteiger partial charge in [0.25, 0.3) is 0 Å². The van der Waals surface area contributed by atoms with Crippen molar-refractivity contribution in [1.82, 2.24) is 5.32 Å². The fraction of sp³-hybridized carbons (Fsp3) is 0.364. The molecule has 1 amide bonds. The van der Waals surface area contributed by atoms with Gasteiger partial charge in [-0.15, -0.1) is 0 Å². The van der Waals surface area contributed by atoms with Crippen molar-refractivity contribution < 1.29 is 4.79 Å². The predicted octanol–water partition coefficient (Wildman–Crippen LogP) is 4.12. The van der Waals surface area contributed by atoms with E-state index in [1.54, 1.807) is 12.1 Å². The second-order valence-corrected chi connectivity index (χ2v) is 6.94. The van der Waals surface area contributed by atoms with Crippen LogP contribution in [0.2, 0.25) is 0 Å². The van der Waals surface area contributed by atoms with Gasteiger partial charge in [-0.05, 0) is 42.5 Å². The second kappa shape index (κ2) is 7.98. The number of aryl methyl sites for hydroxylation is 1. The summed E-state index contributed by atoms with van der Waals surface area (Å²) in [5.74, 6) is 0.103. The van der Waals surface area contributed by atoms with Crippen molar-refractivity contribution >= 4 is 5.91 Å². The molecule has 3 rings (SSSR count). The minimum Gasteiger partial charge on any atom is -0.355 e. The van der Waals surface area contributed by atoms with Crippen molar-refractivity contribution in [3.63, 3.8) is 0 Å². The van der Waals surface area contributed by atoms with Crippen LogP contribution < -0.4 is 5.32 Å². The normalized spacial score (nSPS) is 15.5. The van der Waals surface area contributed by atoms with Crippen LogP contribution in [-0.2, 0) is 16.6 Å². The van der Waals surface area contributed by atoms with Crippen LogP contribution in [0, 0.1) is 11.3 Å². The number of hydrogen-bond donors (Lipinski definition) is 1. The average molecular weight is 332 g/mol. The average Bonchev–Trinajstić information content (AvgIpc) is 3.16. The van der Waals surface area contributed by atoms with Gasteiger partial charge in [-0.25, -0.2) is 0 Å². The zero-order valence-electron chi connectivity index (χ0n) is 14.5. The van der Waals surface area contributed by atoms with E-state index in [9.17, 15) is 4.79 Å². The lowest BCUT2D eigenvalue weighted by molar-refractivity contribution is -0.121. The third-order valence-electron chi connectivity index (χ3n) is 5.29. The molecule has 0 atom stereocenters. The molecule has 3 nitrogen and oxygen atoms in total. The molecule has 0 aromatic heterocycles. The lowest BCUT2D eigenvalue weighted by Crippen LogP contribution is -2.39. The van der Waals surface area contributed by atoms with Crippen molar-refractivity contribution in [2.24, 2.45) is 0 Å². The third-order valence-corrected chi connectivity index (χ3v) is 5.29. The molecule has 3 heteroatoms. The first kappa shape index (κ1) is 17.2. The van der Waals surface area contributed by atoms with E-state index in [0.29, 0.717) is 18.4 Å². The molecule has 0 heterocycles. The summed E-state index contributed by atoms with van der Waals surface area (Å²) in [6.45, 7) is 0.725. The van der Waals surface area contributed by atoms with Gasteiger partial charge in [-0.1, -0.05) is 55.3 Å². The summed E-state index contributed by atoms with van der Waals surface area (Å²) < 4.78 is 0. The fourth-order valence-corrected chi connectivity index (χ4v) is 3.77. The molecule has 128 valence electrons. The number of benzene rings is 2. The summed E-state index contributed by atoms with van der Waals surface area (Å²) in [5.41, 5.74) is 3.19. The molecule has 0 bridgehead atoms. The maximum absolute atomic E-state index is 12.3. The van der Waals surface area contributed by atoms with Crippen LogP contribution in [0.5, 0.6) is 0 Å². The molecule has 1 fully saturated rings. The minimum atomic E-state index is 0.103. The van der Waals surface area contributed by atoms with Crippen molar-refractivity contribution in [3.8, 4) is 6.07 Å². The Hall–Kier alpha value is -2.60. The van der Waals surface area contributed by atoms with Crippen LogP contribution in [-0.4, -0.2) is 12.5 Å². The molecule has 25 heavy (non-hydrogen) atoms. The SMILES string of the molecule is N#Cc1ccc(CCC(=O)NCC2(c3ccccc3)CCCC2)cc1. The number of hydrogen-bond acceptors (Lipinski definition) is 2. The molecule has 0 spiro atoms. The van der Waals surface area contributed by atoms with Crippen molar-refractivity contribution in [2.45, 2.75) is 43.9 Å². The van der Waals surface area contributed by atoms with E-state index in [2.05, 4.69) is 35.7 Å². The van der Waals surface area contributed by atoms with Crippen molar-refractivity contribution in [2.75, 3.05) is 6.54 Å². The van der Waals surface area contributed by atoms with E-state index in [1.807, 2.05) is 18.2 Å². The van der Waals surface area contributed by atoms with Crippen LogP contribution in [0.4, 0.5) is 0 Å². The first-order valence-electron chi connectivity index (χ1n) is 9.03. The Kier molecular flexibility index (Phi) is 5.50. The number of rotatable bonds is 6. The summed E-state index contributed by atoms with van der Waals surface area (Å²) in [6, 6.07) is 20.2. The van der Waals surface area contributed by atoms with Crippen molar-refractivity contribution in [1.29, 1.82) is 5.26 Å². The first-order chi connectivity index (χ1) is 12.2. The van der Waals surface area contributed by atoms with E-state index in [4.69, 9.17) is 5.26 Å². The molecule has 1 aliphatic carbocycles. The Balaban J connectivity index is 1.54. The Morgan fingerprint density at radius 2 is 1.72 bits per heavy atom. The van der Waals surface area contributed by atoms with E-state index >= 15 is 0 Å². The first-order valence-corrected chi connectivity index (χ1v) is 9.03. The molecule has 0 unspecified atom stereocenters. The Morgan fingerprint density at radius 3 is 2.36 bits per heavy atom. The maximum Gasteiger partial charge on any atom is 0.220 e. The highest BCUT2D eigenvalue weighted by atomic mass is 16.1. The molecule has 1 saturated carbocycles. The maximum atomic E-state index is 12.3. The quantitative estimate of drug-likeness (QED) is 0.865. The van der Waals surface area contributed by atoms with Gasteiger partial charge in [0.2, 0.25) is 5.91 Å². The van der Waals surface area contributed by atoms with Gasteiger partial charge < -0.3 is 5.32 Å². The number of carbonyl (C=O) groups is 1. The summed E-state index contributed by atoms with van der Waals surface area (Å²) in [7, 11) is 0. The van der Waals surface area contributed by atoms with E-state index in [0.717, 1.165) is 24.9 Å². The molecule has 0 saturated heterocycles. The van der Waals surface area contributed by atoms with Gasteiger partial charge in [0.05, 0.1) is 11.6 Å². The van der Waals surface area contributed by atoms with Gasteiger partial charge in [-0.3, -0.25) is 4.79 Å². The molecule has 0 radical (unpaired) electrons. The van der Waals surface area contributed by atoms with E-state index in [1.165, 1.54) is 18.4 Å². The molecule has 2 aromatic carbocycles. The highest BCUT2D eigenvalue weighted by molar-refractivity contribution is 5.76. The molecular formula is C22H24N2O. The van der Waals surface area contributed by atoms with Crippen LogP contribution in [0.1, 0.15) is 48.8 Å². The third kappa shape index (κ3) is 4.28. The monoisotopic (exact) mass is 332 g/mol. The Bertz CT molecular complexity index is 738. The predicted molar refractivity (Wildman–Crippen MR) is 99.1 cm³/mol. The molecule has 1 aliphatic rings. The summed E-state index contributed by atoms with van der Waals surface area (Å²) in [4.78, 5) is 12.3. The van der Waals surface area contributed by atoms with Crippen LogP contribution in [0.15, 0.2) is 54.6 Å². The van der Waals surface area contributed by atoms with Gasteiger partial charge in [0.15, 0.2) is 0 Å². The summed E-state index contributed by atoms with van der Waals surface area (Å²) >= 11 is 0. The number of amides is 1. The molecule has 0 aliphatic heterocycles. The van der Waals surface area contributed by atoms with Gasteiger partial charge in [0, 0.05) is 18.4 Å². The topological polar surface area (TPSA) is 52.9 Å². The highest BCUT2D eigenvalue weighted by Gasteiger charge is 2.35. The van der Waals surface area contributed by atoms with E-state index < -0.39 is 0 Å². The Morgan fingerprint density at radius 1 is 1.04 bits per heavy atom. The number of nitriles is 1. The smallest absolute Gasteiger partial charge is 0.220 e. The largest absolute Gasteiger partial charge is 0.355 e. The minimum absolute atomic E-state index is 0.103. The van der Waals surface area contributed by atoms with Gasteiger partial charge in [0.1, 0.15) is 0 Å². The Labute approximate surface area is 149 Å². The molecule has 1 N–H and O–H groups in total. The van der Waals surface area contributed by atoms with Crippen LogP contribution in [0.25, 0.3) is 0 Å². The van der Waals surface area contributed by atoms with Crippen molar-refractivity contribution in [3.05, 3.63) is 71.3 Å². The zero-order chi connectivity index (χ0) is 17.5. The van der Waals surface area contributed by atoms with Gasteiger partial charge >= 0.3 is 0 Å². The van der Waals surface area contributed by atoms with E-state index in [-0.39, 0.29) is 11.3 Å². The molecule has 2 aromatic rings. The summed E-state index contributed by atoms with van der Waals surface area (Å²) in [6.07, 6.45) is 5.94. The lowest BCUT2D eigenvalue weighted by atomic mass is 9.79. The lowest BCUT2D eigenvalue weighted by Gasteiger charge is -2.30.